The van der Waals surface area contributed by atoms with Gasteiger partial charge in [-0.2, -0.15) is 0 Å². The summed E-state index contributed by atoms with van der Waals surface area (Å²) in [5.41, 5.74) is 1.73. The van der Waals surface area contributed by atoms with Gasteiger partial charge >= 0.3 is 0 Å². The van der Waals surface area contributed by atoms with Gasteiger partial charge < -0.3 is 9.80 Å². The van der Waals surface area contributed by atoms with Crippen molar-refractivity contribution in [1.29, 1.82) is 0 Å². The fourth-order valence-corrected chi connectivity index (χ4v) is 2.86. The average molecular weight is 315 g/mol. The lowest BCUT2D eigenvalue weighted by molar-refractivity contribution is 0.249. The molecule has 0 radical (unpaired) electrons. The first kappa shape index (κ1) is 13.8. The Labute approximate surface area is 117 Å². The van der Waals surface area contributed by atoms with E-state index in [9.17, 15) is 4.39 Å². The van der Waals surface area contributed by atoms with Crippen molar-refractivity contribution in [3.05, 3.63) is 29.6 Å². The molecule has 1 heterocycles. The molecule has 0 aromatic heterocycles. The molecule has 1 aliphatic heterocycles. The number of halogens is 2. The van der Waals surface area contributed by atoms with Gasteiger partial charge in [-0.1, -0.05) is 22.0 Å². The number of benzene rings is 1. The molecule has 4 heteroatoms. The van der Waals surface area contributed by atoms with Crippen LogP contribution in [0.3, 0.4) is 0 Å². The van der Waals surface area contributed by atoms with Gasteiger partial charge in [-0.3, -0.25) is 0 Å². The van der Waals surface area contributed by atoms with Crippen molar-refractivity contribution in [3.63, 3.8) is 0 Å². The van der Waals surface area contributed by atoms with Crippen LogP contribution in [0, 0.1) is 5.82 Å². The summed E-state index contributed by atoms with van der Waals surface area (Å²) >= 11 is 3.35. The number of hydrogen-bond acceptors (Lipinski definition) is 2. The van der Waals surface area contributed by atoms with Crippen LogP contribution in [0.4, 0.5) is 10.1 Å². The van der Waals surface area contributed by atoms with E-state index in [0.29, 0.717) is 11.4 Å². The molecule has 1 saturated heterocycles. The Bertz CT molecular complexity index is 401. The van der Waals surface area contributed by atoms with E-state index in [1.54, 1.807) is 6.07 Å². The molecule has 0 atom stereocenters. The predicted octanol–water partition coefficient (Wildman–Crippen LogP) is 3.25. The van der Waals surface area contributed by atoms with Crippen molar-refractivity contribution in [2.24, 2.45) is 0 Å². The molecule has 0 spiro atoms. The molecule has 2 nitrogen and oxygen atoms in total. The molecule has 0 unspecified atom stereocenters. The zero-order valence-corrected chi connectivity index (χ0v) is 12.6. The third kappa shape index (κ3) is 3.04. The fraction of sp³-hybridized carbons (Fsp3) is 0.571. The van der Waals surface area contributed by atoms with E-state index in [-0.39, 0.29) is 5.82 Å². The van der Waals surface area contributed by atoms with Crippen LogP contribution in [0.15, 0.2) is 18.2 Å². The summed E-state index contributed by atoms with van der Waals surface area (Å²) in [4.78, 5) is 4.43. The van der Waals surface area contributed by atoms with Gasteiger partial charge in [0, 0.05) is 24.5 Å². The maximum absolute atomic E-state index is 14.0. The first-order chi connectivity index (χ1) is 8.61. The predicted molar refractivity (Wildman–Crippen MR) is 78.0 cm³/mol. The second-order valence-electron chi connectivity index (χ2n) is 5.10. The summed E-state index contributed by atoms with van der Waals surface area (Å²) in [6, 6.07) is 6.15. The van der Waals surface area contributed by atoms with E-state index < -0.39 is 0 Å². The second-order valence-corrected chi connectivity index (χ2v) is 5.66. The average Bonchev–Trinajstić information content (AvgIpc) is 2.38. The maximum atomic E-state index is 14.0. The molecule has 0 N–H and O–H groups in total. The lowest BCUT2D eigenvalue weighted by Gasteiger charge is -2.36. The Kier molecular flexibility index (Phi) is 4.62. The molecule has 0 saturated carbocycles. The van der Waals surface area contributed by atoms with E-state index in [4.69, 9.17) is 0 Å². The summed E-state index contributed by atoms with van der Waals surface area (Å²) in [6.07, 6.45) is 2.21. The van der Waals surface area contributed by atoms with Crippen molar-refractivity contribution < 1.29 is 4.39 Å². The Morgan fingerprint density at radius 1 is 1.33 bits per heavy atom. The van der Waals surface area contributed by atoms with Crippen molar-refractivity contribution >= 4 is 21.6 Å². The number of nitrogens with zero attached hydrogens (tertiary/aromatic N) is 2. The van der Waals surface area contributed by atoms with E-state index in [2.05, 4.69) is 39.8 Å². The minimum atomic E-state index is -0.102. The Morgan fingerprint density at radius 3 is 2.50 bits per heavy atom. The van der Waals surface area contributed by atoms with E-state index >= 15 is 0 Å². The molecule has 18 heavy (non-hydrogen) atoms. The lowest BCUT2D eigenvalue weighted by atomic mass is 10.0. The van der Waals surface area contributed by atoms with Crippen LogP contribution >= 0.6 is 15.9 Å². The first-order valence-electron chi connectivity index (χ1n) is 6.37. The summed E-state index contributed by atoms with van der Waals surface area (Å²) in [5, 5.41) is 0.701. The summed E-state index contributed by atoms with van der Waals surface area (Å²) in [6.45, 7) is 1.88. The molecule has 2 rings (SSSR count). The van der Waals surface area contributed by atoms with Gasteiger partial charge in [0.1, 0.15) is 5.82 Å². The zero-order chi connectivity index (χ0) is 13.1. The topological polar surface area (TPSA) is 6.48 Å². The normalized spacial score (nSPS) is 17.5. The molecule has 1 aliphatic rings. The minimum absolute atomic E-state index is 0.102. The van der Waals surface area contributed by atoms with Crippen molar-refractivity contribution in [2.45, 2.75) is 24.2 Å². The molecule has 0 amide bonds. The fourth-order valence-electron chi connectivity index (χ4n) is 2.51. The summed E-state index contributed by atoms with van der Waals surface area (Å²) in [5.74, 6) is -0.102. The van der Waals surface area contributed by atoms with Gasteiger partial charge in [-0.05, 0) is 44.6 Å². The van der Waals surface area contributed by atoms with Gasteiger partial charge in [0.05, 0.1) is 5.69 Å². The van der Waals surface area contributed by atoms with Crippen LogP contribution in [0.25, 0.3) is 0 Å². The first-order valence-corrected chi connectivity index (χ1v) is 7.49. The third-order valence-electron chi connectivity index (χ3n) is 3.70. The van der Waals surface area contributed by atoms with Crippen molar-refractivity contribution in [3.8, 4) is 0 Å². The van der Waals surface area contributed by atoms with Gasteiger partial charge in [0.15, 0.2) is 0 Å². The smallest absolute Gasteiger partial charge is 0.146 e. The highest BCUT2D eigenvalue weighted by atomic mass is 79.9. The van der Waals surface area contributed by atoms with Crippen LogP contribution in [-0.4, -0.2) is 38.1 Å². The number of rotatable bonds is 3. The van der Waals surface area contributed by atoms with E-state index in [1.807, 2.05) is 12.1 Å². The Morgan fingerprint density at radius 2 is 2.00 bits per heavy atom. The molecular formula is C14H20BrFN2. The highest BCUT2D eigenvalue weighted by molar-refractivity contribution is 9.08. The maximum Gasteiger partial charge on any atom is 0.146 e. The number of piperidine rings is 1. The van der Waals surface area contributed by atoms with Crippen LogP contribution in [-0.2, 0) is 5.33 Å². The molecule has 0 bridgehead atoms. The minimum Gasteiger partial charge on any atom is -0.369 e. The number of hydrogen-bond donors (Lipinski definition) is 0. The van der Waals surface area contributed by atoms with Gasteiger partial charge in [-0.25, -0.2) is 4.39 Å². The zero-order valence-electron chi connectivity index (χ0n) is 11.0. The highest BCUT2D eigenvalue weighted by Crippen LogP contribution is 2.25. The Balaban J connectivity index is 2.05. The van der Waals surface area contributed by atoms with Gasteiger partial charge in [0.25, 0.3) is 0 Å². The second kappa shape index (κ2) is 6.02. The highest BCUT2D eigenvalue weighted by Gasteiger charge is 2.22. The van der Waals surface area contributed by atoms with Crippen LogP contribution in [0.5, 0.6) is 0 Å². The summed E-state index contributed by atoms with van der Waals surface area (Å²) < 4.78 is 14.0. The van der Waals surface area contributed by atoms with Crippen LogP contribution < -0.4 is 4.90 Å². The SMILES string of the molecule is CN(C)C1CCN(c2ccc(CBr)cc2F)CC1. The van der Waals surface area contributed by atoms with E-state index in [0.717, 1.165) is 37.2 Å². The largest absolute Gasteiger partial charge is 0.369 e. The monoisotopic (exact) mass is 314 g/mol. The van der Waals surface area contributed by atoms with Crippen molar-refractivity contribution in [1.82, 2.24) is 4.90 Å². The molecule has 0 aliphatic carbocycles. The number of alkyl halides is 1. The standard InChI is InChI=1S/C14H20BrFN2/c1-17(2)12-5-7-18(8-6-12)14-4-3-11(10-15)9-13(14)16/h3-4,9,12H,5-8,10H2,1-2H3. The molecule has 1 aromatic rings. The molecular weight excluding hydrogens is 295 g/mol. The van der Waals surface area contributed by atoms with Crippen molar-refractivity contribution in [2.75, 3.05) is 32.1 Å². The molecule has 1 aromatic carbocycles. The van der Waals surface area contributed by atoms with Crippen LogP contribution in [0.1, 0.15) is 18.4 Å². The quantitative estimate of drug-likeness (QED) is 0.790. The Hall–Kier alpha value is -0.610. The van der Waals surface area contributed by atoms with E-state index in [1.165, 1.54) is 0 Å². The van der Waals surface area contributed by atoms with Crippen LogP contribution in [0.2, 0.25) is 0 Å². The summed E-state index contributed by atoms with van der Waals surface area (Å²) in [7, 11) is 4.23. The van der Waals surface area contributed by atoms with Gasteiger partial charge in [-0.15, -0.1) is 0 Å². The lowest BCUT2D eigenvalue weighted by Crippen LogP contribution is -2.42. The molecule has 100 valence electrons. The third-order valence-corrected chi connectivity index (χ3v) is 4.35. The van der Waals surface area contributed by atoms with Gasteiger partial charge in [0.2, 0.25) is 0 Å². The molecule has 1 fully saturated rings. The number of anilines is 1.